The second-order valence-corrected chi connectivity index (χ2v) is 4.82. The monoisotopic (exact) mass is 308 g/mol. The molecule has 18 heavy (non-hydrogen) atoms. The van der Waals surface area contributed by atoms with Gasteiger partial charge in [-0.2, -0.15) is 0 Å². The van der Waals surface area contributed by atoms with Crippen LogP contribution in [-0.4, -0.2) is 25.1 Å². The van der Waals surface area contributed by atoms with Crippen LogP contribution in [0, 0.1) is 6.92 Å². The first-order valence-corrected chi connectivity index (χ1v) is 6.22. The molecule has 1 N–H and O–H groups in total. The van der Waals surface area contributed by atoms with E-state index in [9.17, 15) is 4.79 Å². The van der Waals surface area contributed by atoms with E-state index in [0.29, 0.717) is 5.56 Å². The lowest BCUT2D eigenvalue weighted by molar-refractivity contribution is 0.0601. The Hall–Kier alpha value is -1.62. The van der Waals surface area contributed by atoms with Crippen molar-refractivity contribution in [2.45, 2.75) is 6.92 Å². The minimum Gasteiger partial charge on any atom is -0.465 e. The highest BCUT2D eigenvalue weighted by atomic mass is 79.9. The summed E-state index contributed by atoms with van der Waals surface area (Å²) >= 11 is 3.45. The summed E-state index contributed by atoms with van der Waals surface area (Å²) in [5.41, 5.74) is 3.09. The molecule has 1 heterocycles. The average Bonchev–Trinajstić information content (AvgIpc) is 2.36. The van der Waals surface area contributed by atoms with Crippen molar-refractivity contribution in [1.82, 2.24) is 4.98 Å². The zero-order chi connectivity index (χ0) is 13.3. The van der Waals surface area contributed by atoms with E-state index in [1.807, 2.05) is 19.1 Å². The van der Waals surface area contributed by atoms with Crippen LogP contribution in [0.25, 0.3) is 10.9 Å². The van der Waals surface area contributed by atoms with E-state index in [4.69, 9.17) is 4.74 Å². The quantitative estimate of drug-likeness (QED) is 0.866. The number of hydrogen-bond acceptors (Lipinski definition) is 4. The van der Waals surface area contributed by atoms with E-state index in [0.717, 1.165) is 26.6 Å². The van der Waals surface area contributed by atoms with Gasteiger partial charge < -0.3 is 10.1 Å². The molecule has 0 bridgehead atoms. The Balaban J connectivity index is 2.82. The maximum atomic E-state index is 11.7. The van der Waals surface area contributed by atoms with Gasteiger partial charge in [-0.05, 0) is 24.6 Å². The Labute approximate surface area is 113 Å². The van der Waals surface area contributed by atoms with E-state index < -0.39 is 5.97 Å². The van der Waals surface area contributed by atoms with E-state index in [-0.39, 0.29) is 0 Å². The molecule has 0 aliphatic rings. The molecular weight excluding hydrogens is 296 g/mol. The number of ether oxygens (including phenoxy) is 1. The number of rotatable bonds is 2. The van der Waals surface area contributed by atoms with Gasteiger partial charge in [0.05, 0.1) is 18.3 Å². The molecule has 0 fully saturated rings. The van der Waals surface area contributed by atoms with Crippen LogP contribution in [0.3, 0.4) is 0 Å². The first kappa shape index (κ1) is 12.8. The molecule has 0 saturated heterocycles. The Kier molecular flexibility index (Phi) is 3.52. The van der Waals surface area contributed by atoms with Crippen molar-refractivity contribution >= 4 is 38.5 Å². The molecule has 94 valence electrons. The summed E-state index contributed by atoms with van der Waals surface area (Å²) in [6.07, 6.45) is 1.54. The van der Waals surface area contributed by atoms with Gasteiger partial charge in [-0.3, -0.25) is 4.98 Å². The molecule has 2 aromatic rings. The summed E-state index contributed by atoms with van der Waals surface area (Å²) in [5, 5.41) is 3.94. The molecule has 0 radical (unpaired) electrons. The number of carbonyl (C=O) groups is 1. The minimum atomic E-state index is -0.397. The summed E-state index contributed by atoms with van der Waals surface area (Å²) in [4.78, 5) is 16.0. The third-order valence-electron chi connectivity index (χ3n) is 2.78. The number of esters is 1. The SMILES string of the molecule is CNc1c(C(=O)OC)cnc2c(C)cc(Br)cc12. The Morgan fingerprint density at radius 1 is 1.44 bits per heavy atom. The van der Waals surface area contributed by atoms with E-state index in [1.54, 1.807) is 13.2 Å². The van der Waals surface area contributed by atoms with Gasteiger partial charge >= 0.3 is 5.97 Å². The van der Waals surface area contributed by atoms with Crippen LogP contribution in [0.4, 0.5) is 5.69 Å². The van der Waals surface area contributed by atoms with Crippen LogP contribution in [0.2, 0.25) is 0 Å². The molecule has 0 atom stereocenters. The molecule has 0 aliphatic carbocycles. The van der Waals surface area contributed by atoms with Crippen LogP contribution < -0.4 is 5.32 Å². The summed E-state index contributed by atoms with van der Waals surface area (Å²) in [5.74, 6) is -0.397. The van der Waals surface area contributed by atoms with Gasteiger partial charge in [-0.1, -0.05) is 15.9 Å². The van der Waals surface area contributed by atoms with Gasteiger partial charge in [0.25, 0.3) is 0 Å². The third kappa shape index (κ3) is 2.06. The lowest BCUT2D eigenvalue weighted by atomic mass is 10.1. The van der Waals surface area contributed by atoms with E-state index >= 15 is 0 Å². The highest BCUT2D eigenvalue weighted by Gasteiger charge is 2.16. The van der Waals surface area contributed by atoms with Crippen LogP contribution in [-0.2, 0) is 4.74 Å². The smallest absolute Gasteiger partial charge is 0.341 e. The molecule has 0 amide bonds. The van der Waals surface area contributed by atoms with Gasteiger partial charge in [0, 0.05) is 23.1 Å². The maximum absolute atomic E-state index is 11.7. The van der Waals surface area contributed by atoms with Crippen molar-refractivity contribution < 1.29 is 9.53 Å². The van der Waals surface area contributed by atoms with Crippen molar-refractivity contribution in [1.29, 1.82) is 0 Å². The predicted molar refractivity (Wildman–Crippen MR) is 75.1 cm³/mol. The number of aryl methyl sites for hydroxylation is 1. The van der Waals surface area contributed by atoms with Crippen molar-refractivity contribution in [2.24, 2.45) is 0 Å². The van der Waals surface area contributed by atoms with Crippen molar-refractivity contribution in [3.05, 3.63) is 33.9 Å². The normalized spacial score (nSPS) is 10.4. The Morgan fingerprint density at radius 2 is 2.17 bits per heavy atom. The molecule has 0 unspecified atom stereocenters. The Morgan fingerprint density at radius 3 is 2.78 bits per heavy atom. The van der Waals surface area contributed by atoms with Gasteiger partial charge in [-0.15, -0.1) is 0 Å². The summed E-state index contributed by atoms with van der Waals surface area (Å²) in [7, 11) is 3.13. The number of fused-ring (bicyclic) bond motifs is 1. The minimum absolute atomic E-state index is 0.397. The first-order chi connectivity index (χ1) is 8.58. The third-order valence-corrected chi connectivity index (χ3v) is 3.24. The topological polar surface area (TPSA) is 51.2 Å². The van der Waals surface area contributed by atoms with Gasteiger partial charge in [0.2, 0.25) is 0 Å². The molecule has 1 aromatic heterocycles. The van der Waals surface area contributed by atoms with Crippen LogP contribution in [0.15, 0.2) is 22.8 Å². The first-order valence-electron chi connectivity index (χ1n) is 5.43. The lowest BCUT2D eigenvalue weighted by Crippen LogP contribution is -2.07. The number of halogens is 1. The number of methoxy groups -OCH3 is 1. The molecule has 2 rings (SSSR count). The van der Waals surface area contributed by atoms with Crippen LogP contribution in [0.5, 0.6) is 0 Å². The molecule has 4 nitrogen and oxygen atoms in total. The number of benzene rings is 1. The number of anilines is 1. The second kappa shape index (κ2) is 4.94. The summed E-state index contributed by atoms with van der Waals surface area (Å²) < 4.78 is 5.71. The molecule has 0 aliphatic heterocycles. The largest absolute Gasteiger partial charge is 0.465 e. The van der Waals surface area contributed by atoms with E-state index in [2.05, 4.69) is 26.2 Å². The number of pyridine rings is 1. The molecule has 5 heteroatoms. The van der Waals surface area contributed by atoms with Crippen LogP contribution in [0.1, 0.15) is 15.9 Å². The maximum Gasteiger partial charge on any atom is 0.341 e. The van der Waals surface area contributed by atoms with Gasteiger partial charge in [-0.25, -0.2) is 4.79 Å². The van der Waals surface area contributed by atoms with Crippen molar-refractivity contribution in [3.8, 4) is 0 Å². The Bertz CT molecular complexity index is 626. The van der Waals surface area contributed by atoms with Crippen molar-refractivity contribution in [3.63, 3.8) is 0 Å². The highest BCUT2D eigenvalue weighted by molar-refractivity contribution is 9.10. The lowest BCUT2D eigenvalue weighted by Gasteiger charge is -2.12. The predicted octanol–water partition coefficient (Wildman–Crippen LogP) is 3.13. The molecule has 1 aromatic carbocycles. The molecule has 0 saturated carbocycles. The van der Waals surface area contributed by atoms with Gasteiger partial charge in [0.15, 0.2) is 0 Å². The molecule has 0 spiro atoms. The summed E-state index contributed by atoms with van der Waals surface area (Å²) in [6.45, 7) is 1.98. The zero-order valence-corrected chi connectivity index (χ0v) is 12.0. The fourth-order valence-electron chi connectivity index (χ4n) is 1.97. The fourth-order valence-corrected chi connectivity index (χ4v) is 2.54. The number of carbonyl (C=O) groups excluding carboxylic acids is 1. The average molecular weight is 309 g/mol. The second-order valence-electron chi connectivity index (χ2n) is 3.91. The van der Waals surface area contributed by atoms with E-state index in [1.165, 1.54) is 7.11 Å². The van der Waals surface area contributed by atoms with Gasteiger partial charge in [0.1, 0.15) is 5.56 Å². The highest BCUT2D eigenvalue weighted by Crippen LogP contribution is 2.30. The number of nitrogens with one attached hydrogen (secondary N) is 1. The number of aromatic nitrogens is 1. The standard InChI is InChI=1S/C13H13BrN2O2/c1-7-4-8(14)5-9-11(7)16-6-10(12(9)15-2)13(17)18-3/h4-6H,1-3H3,(H,15,16). The van der Waals surface area contributed by atoms with Crippen molar-refractivity contribution in [2.75, 3.05) is 19.5 Å². The van der Waals surface area contributed by atoms with Crippen LogP contribution >= 0.6 is 15.9 Å². The number of hydrogen-bond donors (Lipinski definition) is 1. The molecular formula is C13H13BrN2O2. The fraction of sp³-hybridized carbons (Fsp3) is 0.231. The zero-order valence-electron chi connectivity index (χ0n) is 10.4. The summed E-state index contributed by atoms with van der Waals surface area (Å²) in [6, 6.07) is 3.93. The number of nitrogens with zero attached hydrogens (tertiary/aromatic N) is 1.